The number of sulfonamides is 1. The van der Waals surface area contributed by atoms with Gasteiger partial charge in [0, 0.05) is 11.7 Å². The summed E-state index contributed by atoms with van der Waals surface area (Å²) < 4.78 is 27.0. The number of carbonyl (C=O) groups is 1. The SMILES string of the molecule is CN1CCCC1CS(=O)(=O)NC(=O)Nc1c2c(cc3c1CCC3)CCC2. The van der Waals surface area contributed by atoms with Crippen molar-refractivity contribution in [3.05, 3.63) is 28.3 Å². The number of nitrogens with zero attached hydrogens (tertiary/aromatic N) is 1. The lowest BCUT2D eigenvalue weighted by Crippen LogP contribution is -2.41. The van der Waals surface area contributed by atoms with Crippen LogP contribution in [0.5, 0.6) is 0 Å². The quantitative estimate of drug-likeness (QED) is 0.843. The number of likely N-dealkylation sites (tertiary alicyclic amines) is 1. The van der Waals surface area contributed by atoms with Crippen LogP contribution in [0, 0.1) is 0 Å². The van der Waals surface area contributed by atoms with Gasteiger partial charge in [0.25, 0.3) is 0 Å². The summed E-state index contributed by atoms with van der Waals surface area (Å²) in [6.45, 7) is 0.911. The number of rotatable bonds is 4. The maximum atomic E-state index is 12.5. The van der Waals surface area contributed by atoms with Crippen LogP contribution in [0.2, 0.25) is 0 Å². The number of fused-ring (bicyclic) bond motifs is 2. The summed E-state index contributed by atoms with van der Waals surface area (Å²) >= 11 is 0. The molecule has 0 spiro atoms. The molecule has 2 aliphatic carbocycles. The molecule has 1 fully saturated rings. The summed E-state index contributed by atoms with van der Waals surface area (Å²) in [5.41, 5.74) is 5.91. The molecule has 1 atom stereocenters. The molecular weight excluding hydrogens is 350 g/mol. The van der Waals surface area contributed by atoms with Crippen LogP contribution < -0.4 is 10.0 Å². The maximum Gasteiger partial charge on any atom is 0.332 e. The Kier molecular flexibility index (Phi) is 4.69. The Hall–Kier alpha value is -1.60. The molecule has 1 heterocycles. The van der Waals surface area contributed by atoms with Crippen LogP contribution in [0.3, 0.4) is 0 Å². The minimum absolute atomic E-state index is 0.00878. The third-order valence-electron chi connectivity index (χ3n) is 6.04. The van der Waals surface area contributed by atoms with Gasteiger partial charge in [0.2, 0.25) is 10.0 Å². The highest BCUT2D eigenvalue weighted by Crippen LogP contribution is 2.38. The molecule has 1 saturated heterocycles. The van der Waals surface area contributed by atoms with Crippen LogP contribution in [-0.4, -0.2) is 44.7 Å². The number of carbonyl (C=O) groups excluding carboxylic acids is 1. The van der Waals surface area contributed by atoms with Crippen molar-refractivity contribution in [2.24, 2.45) is 0 Å². The first-order valence-corrected chi connectivity index (χ1v) is 11.3. The van der Waals surface area contributed by atoms with Gasteiger partial charge in [0.05, 0.1) is 5.75 Å². The van der Waals surface area contributed by atoms with Crippen molar-refractivity contribution >= 4 is 21.7 Å². The number of anilines is 1. The van der Waals surface area contributed by atoms with Gasteiger partial charge < -0.3 is 10.2 Å². The van der Waals surface area contributed by atoms with E-state index in [4.69, 9.17) is 0 Å². The van der Waals surface area contributed by atoms with E-state index in [9.17, 15) is 13.2 Å². The van der Waals surface area contributed by atoms with Crippen LogP contribution >= 0.6 is 0 Å². The lowest BCUT2D eigenvalue weighted by molar-refractivity contribution is 0.256. The summed E-state index contributed by atoms with van der Waals surface area (Å²) in [5, 5.41) is 2.89. The van der Waals surface area contributed by atoms with Crippen LogP contribution in [0.4, 0.5) is 10.5 Å². The smallest absolute Gasteiger partial charge is 0.307 e. The van der Waals surface area contributed by atoms with Crippen molar-refractivity contribution in [1.82, 2.24) is 9.62 Å². The molecule has 2 N–H and O–H groups in total. The maximum absolute atomic E-state index is 12.5. The van der Waals surface area contributed by atoms with E-state index < -0.39 is 16.1 Å². The van der Waals surface area contributed by atoms with E-state index in [0.29, 0.717) is 0 Å². The Morgan fingerprint density at radius 1 is 1.12 bits per heavy atom. The molecule has 1 unspecified atom stereocenters. The van der Waals surface area contributed by atoms with Crippen molar-refractivity contribution in [3.63, 3.8) is 0 Å². The lowest BCUT2D eigenvalue weighted by atomic mass is 9.99. The number of nitrogens with one attached hydrogen (secondary N) is 2. The van der Waals surface area contributed by atoms with Gasteiger partial charge in [-0.2, -0.15) is 0 Å². The fourth-order valence-electron chi connectivity index (χ4n) is 4.73. The molecule has 6 nitrogen and oxygen atoms in total. The molecule has 0 bridgehead atoms. The lowest BCUT2D eigenvalue weighted by Gasteiger charge is -2.20. The van der Waals surface area contributed by atoms with E-state index in [0.717, 1.165) is 63.6 Å². The van der Waals surface area contributed by atoms with Gasteiger partial charge >= 0.3 is 6.03 Å². The molecule has 2 amide bonds. The molecule has 7 heteroatoms. The molecule has 1 aromatic carbocycles. The van der Waals surface area contributed by atoms with Crippen molar-refractivity contribution in [1.29, 1.82) is 0 Å². The van der Waals surface area contributed by atoms with Crippen LogP contribution in [0.25, 0.3) is 0 Å². The summed E-state index contributed by atoms with van der Waals surface area (Å²) in [6.07, 6.45) is 8.07. The van der Waals surface area contributed by atoms with Gasteiger partial charge in [0.1, 0.15) is 0 Å². The average molecular weight is 378 g/mol. The highest BCUT2D eigenvalue weighted by Gasteiger charge is 2.29. The predicted octanol–water partition coefficient (Wildman–Crippen LogP) is 2.21. The number of hydrogen-bond acceptors (Lipinski definition) is 4. The van der Waals surface area contributed by atoms with Gasteiger partial charge in [0.15, 0.2) is 0 Å². The Morgan fingerprint density at radius 3 is 2.35 bits per heavy atom. The standard InChI is InChI=1S/C19H27N3O3S/c1-22-10-4-7-15(22)12-26(24,25)21-19(23)20-18-16-8-2-5-13(16)11-14-6-3-9-17(14)18/h11,15H,2-10,12H2,1H3,(H2,20,21,23). The Labute approximate surface area is 155 Å². The first-order chi connectivity index (χ1) is 12.4. The fraction of sp³-hybridized carbons (Fsp3) is 0.632. The Bertz CT molecular complexity index is 803. The first-order valence-electron chi connectivity index (χ1n) is 9.61. The summed E-state index contributed by atoms with van der Waals surface area (Å²) in [4.78, 5) is 14.5. The second kappa shape index (κ2) is 6.85. The van der Waals surface area contributed by atoms with E-state index in [1.54, 1.807) is 0 Å². The van der Waals surface area contributed by atoms with Crippen molar-refractivity contribution in [2.75, 3.05) is 24.7 Å². The average Bonchev–Trinajstić information content (AvgIpc) is 3.28. The van der Waals surface area contributed by atoms with E-state index in [1.165, 1.54) is 22.3 Å². The third-order valence-corrected chi connectivity index (χ3v) is 7.36. The number of urea groups is 1. The molecule has 3 aliphatic rings. The molecular formula is C19H27N3O3S. The van der Waals surface area contributed by atoms with Crippen LogP contribution in [-0.2, 0) is 35.7 Å². The Morgan fingerprint density at radius 2 is 1.77 bits per heavy atom. The largest absolute Gasteiger partial charge is 0.332 e. The molecule has 4 rings (SSSR count). The highest BCUT2D eigenvalue weighted by molar-refractivity contribution is 7.90. The highest BCUT2D eigenvalue weighted by atomic mass is 32.2. The van der Waals surface area contributed by atoms with Gasteiger partial charge in [-0.05, 0) is 87.2 Å². The number of aryl methyl sites for hydroxylation is 2. The first kappa shape index (κ1) is 17.8. The van der Waals surface area contributed by atoms with Gasteiger partial charge in [-0.25, -0.2) is 17.9 Å². The normalized spacial score (nSPS) is 22.3. The topological polar surface area (TPSA) is 78.5 Å². The minimum atomic E-state index is -3.65. The van der Waals surface area contributed by atoms with Crippen molar-refractivity contribution in [3.8, 4) is 0 Å². The van der Waals surface area contributed by atoms with Crippen molar-refractivity contribution in [2.45, 2.75) is 57.4 Å². The molecule has 1 aliphatic heterocycles. The Balaban J connectivity index is 1.49. The number of hydrogen-bond donors (Lipinski definition) is 2. The zero-order chi connectivity index (χ0) is 18.3. The molecule has 142 valence electrons. The summed E-state index contributed by atoms with van der Waals surface area (Å²) in [5.74, 6) is -0.0259. The monoisotopic (exact) mass is 377 g/mol. The molecule has 0 aromatic heterocycles. The number of amides is 2. The van der Waals surface area contributed by atoms with E-state index in [-0.39, 0.29) is 11.8 Å². The second-order valence-electron chi connectivity index (χ2n) is 7.85. The second-order valence-corrected chi connectivity index (χ2v) is 9.62. The minimum Gasteiger partial charge on any atom is -0.307 e. The van der Waals surface area contributed by atoms with E-state index in [1.807, 2.05) is 11.9 Å². The van der Waals surface area contributed by atoms with Crippen molar-refractivity contribution < 1.29 is 13.2 Å². The molecule has 0 saturated carbocycles. The van der Waals surface area contributed by atoms with Gasteiger partial charge in [-0.3, -0.25) is 0 Å². The summed E-state index contributed by atoms with van der Waals surface area (Å²) in [6, 6.07) is 1.66. The van der Waals surface area contributed by atoms with Gasteiger partial charge in [-0.15, -0.1) is 0 Å². The van der Waals surface area contributed by atoms with E-state index >= 15 is 0 Å². The van der Waals surface area contributed by atoms with Gasteiger partial charge in [-0.1, -0.05) is 6.07 Å². The molecule has 1 aromatic rings. The molecule has 0 radical (unpaired) electrons. The zero-order valence-corrected chi connectivity index (χ0v) is 16.1. The third kappa shape index (κ3) is 3.47. The van der Waals surface area contributed by atoms with Crippen LogP contribution in [0.15, 0.2) is 6.07 Å². The predicted molar refractivity (Wildman–Crippen MR) is 102 cm³/mol. The van der Waals surface area contributed by atoms with Crippen LogP contribution in [0.1, 0.15) is 47.9 Å². The van der Waals surface area contributed by atoms with E-state index in [2.05, 4.69) is 16.1 Å². The zero-order valence-electron chi connectivity index (χ0n) is 15.3. The number of benzene rings is 1. The molecule has 26 heavy (non-hydrogen) atoms. The summed E-state index contributed by atoms with van der Waals surface area (Å²) in [7, 11) is -1.71. The fourth-order valence-corrected chi connectivity index (χ4v) is 6.08.